The predicted octanol–water partition coefficient (Wildman–Crippen LogP) is 3.18. The molecular weight excluding hydrogens is 336 g/mol. The first-order chi connectivity index (χ1) is 11.9. The molecule has 2 aromatic rings. The van der Waals surface area contributed by atoms with Gasteiger partial charge < -0.3 is 19.9 Å². The Balaban J connectivity index is 2.01. The maximum absolute atomic E-state index is 12.4. The van der Waals surface area contributed by atoms with Gasteiger partial charge in [0, 0.05) is 0 Å². The second kappa shape index (κ2) is 8.09. The number of rotatable bonds is 6. The zero-order valence-corrected chi connectivity index (χ0v) is 13.1. The van der Waals surface area contributed by atoms with Crippen LogP contribution in [-0.4, -0.2) is 29.7 Å². The molecule has 0 fully saturated rings. The van der Waals surface area contributed by atoms with Crippen molar-refractivity contribution in [3.63, 3.8) is 0 Å². The molecule has 0 heterocycles. The number of carbonyl (C=O) groups excluding carboxylic acids is 2. The van der Waals surface area contributed by atoms with Crippen molar-refractivity contribution in [1.29, 1.82) is 0 Å². The summed E-state index contributed by atoms with van der Waals surface area (Å²) in [4.78, 5) is 24.0. The van der Waals surface area contributed by atoms with Crippen LogP contribution in [-0.2, 0) is 9.53 Å². The summed E-state index contributed by atoms with van der Waals surface area (Å²) in [5, 5.41) is 11.5. The highest BCUT2D eigenvalue weighted by molar-refractivity contribution is 5.98. The van der Waals surface area contributed by atoms with Gasteiger partial charge in [0.1, 0.15) is 11.5 Å². The minimum atomic E-state index is -3.04. The highest BCUT2D eigenvalue weighted by atomic mass is 19.3. The normalized spacial score (nSPS) is 11.7. The summed E-state index contributed by atoms with van der Waals surface area (Å²) in [5.41, 5.74) is 0.180. The molecule has 0 saturated carbocycles. The van der Waals surface area contributed by atoms with E-state index < -0.39 is 24.6 Å². The number of anilines is 1. The van der Waals surface area contributed by atoms with Crippen LogP contribution in [0.4, 0.5) is 14.5 Å². The van der Waals surface area contributed by atoms with E-state index >= 15 is 0 Å². The average Bonchev–Trinajstić information content (AvgIpc) is 2.56. The third-order valence-electron chi connectivity index (χ3n) is 3.12. The monoisotopic (exact) mass is 351 g/mol. The average molecular weight is 351 g/mol. The highest BCUT2D eigenvalue weighted by Crippen LogP contribution is 2.25. The van der Waals surface area contributed by atoms with E-state index in [1.54, 1.807) is 0 Å². The molecule has 0 radical (unpaired) electrons. The summed E-state index contributed by atoms with van der Waals surface area (Å²) in [6, 6.07) is 10.9. The first kappa shape index (κ1) is 18.2. The Bertz CT molecular complexity index is 749. The maximum Gasteiger partial charge on any atom is 0.387 e. The zero-order valence-electron chi connectivity index (χ0n) is 13.1. The van der Waals surface area contributed by atoms with Gasteiger partial charge in [0.2, 0.25) is 0 Å². The Morgan fingerprint density at radius 1 is 1.08 bits per heavy atom. The van der Waals surface area contributed by atoms with Crippen LogP contribution in [0.15, 0.2) is 48.5 Å². The molecule has 1 atom stereocenters. The van der Waals surface area contributed by atoms with Gasteiger partial charge in [-0.25, -0.2) is 4.79 Å². The first-order valence-electron chi connectivity index (χ1n) is 7.21. The fraction of sp³-hybridized carbons (Fsp3) is 0.176. The number of aromatic hydroxyl groups is 1. The van der Waals surface area contributed by atoms with Crippen LogP contribution >= 0.6 is 0 Å². The van der Waals surface area contributed by atoms with Crippen molar-refractivity contribution in [3.05, 3.63) is 54.1 Å². The SMILES string of the molecule is C[C@H](OC(=O)c1ccc(O)cc1)C(=O)Nc1ccccc1OC(F)F. The maximum atomic E-state index is 12.4. The van der Waals surface area contributed by atoms with Gasteiger partial charge in [-0.05, 0) is 43.3 Å². The van der Waals surface area contributed by atoms with E-state index in [4.69, 9.17) is 4.74 Å². The smallest absolute Gasteiger partial charge is 0.387 e. The van der Waals surface area contributed by atoms with Gasteiger partial charge in [0.25, 0.3) is 5.91 Å². The van der Waals surface area contributed by atoms with E-state index in [0.29, 0.717) is 0 Å². The molecule has 0 aromatic heterocycles. The van der Waals surface area contributed by atoms with Crippen LogP contribution in [0.2, 0.25) is 0 Å². The van der Waals surface area contributed by atoms with Crippen molar-refractivity contribution in [2.75, 3.05) is 5.32 Å². The fourth-order valence-corrected chi connectivity index (χ4v) is 1.88. The predicted molar refractivity (Wildman–Crippen MR) is 84.7 cm³/mol. The van der Waals surface area contributed by atoms with E-state index in [1.807, 2.05) is 0 Å². The van der Waals surface area contributed by atoms with Crippen LogP contribution in [0.3, 0.4) is 0 Å². The standard InChI is InChI=1S/C17H15F2NO5/c1-10(24-16(23)11-6-8-12(21)9-7-11)15(22)20-13-4-2-3-5-14(13)25-17(18)19/h2-10,17,21H,1H3,(H,20,22)/t10-/m0/s1. The molecular formula is C17H15F2NO5. The molecule has 2 N–H and O–H groups in total. The number of nitrogens with one attached hydrogen (secondary N) is 1. The Kier molecular flexibility index (Phi) is 5.89. The van der Waals surface area contributed by atoms with Gasteiger partial charge in [-0.3, -0.25) is 4.79 Å². The lowest BCUT2D eigenvalue weighted by Crippen LogP contribution is -2.30. The summed E-state index contributed by atoms with van der Waals surface area (Å²) in [6.07, 6.45) is -1.18. The molecule has 2 aromatic carbocycles. The van der Waals surface area contributed by atoms with Crippen molar-refractivity contribution in [2.45, 2.75) is 19.6 Å². The number of alkyl halides is 2. The molecule has 0 aliphatic heterocycles. The van der Waals surface area contributed by atoms with Gasteiger partial charge in [0.05, 0.1) is 11.3 Å². The summed E-state index contributed by atoms with van der Waals surface area (Å²) in [7, 11) is 0. The van der Waals surface area contributed by atoms with Crippen molar-refractivity contribution < 1.29 is 33.0 Å². The van der Waals surface area contributed by atoms with Gasteiger partial charge in [0.15, 0.2) is 6.10 Å². The molecule has 0 unspecified atom stereocenters. The Labute approximate surface area is 142 Å². The summed E-state index contributed by atoms with van der Waals surface area (Å²) >= 11 is 0. The first-order valence-corrected chi connectivity index (χ1v) is 7.21. The number of para-hydroxylation sites is 2. The van der Waals surface area contributed by atoms with Crippen LogP contribution in [0, 0.1) is 0 Å². The van der Waals surface area contributed by atoms with Gasteiger partial charge in [-0.15, -0.1) is 0 Å². The molecule has 2 rings (SSSR count). The van der Waals surface area contributed by atoms with Crippen molar-refractivity contribution in [3.8, 4) is 11.5 Å². The van der Waals surface area contributed by atoms with Gasteiger partial charge in [-0.1, -0.05) is 12.1 Å². The quantitative estimate of drug-likeness (QED) is 0.781. The van der Waals surface area contributed by atoms with E-state index in [0.717, 1.165) is 0 Å². The van der Waals surface area contributed by atoms with E-state index in [9.17, 15) is 23.5 Å². The molecule has 0 spiro atoms. The van der Waals surface area contributed by atoms with Crippen LogP contribution in [0.25, 0.3) is 0 Å². The number of esters is 1. The number of phenolic OH excluding ortho intramolecular Hbond substituents is 1. The third-order valence-corrected chi connectivity index (χ3v) is 3.12. The van der Waals surface area contributed by atoms with Gasteiger partial charge in [-0.2, -0.15) is 8.78 Å². The topological polar surface area (TPSA) is 84.9 Å². The molecule has 132 valence electrons. The summed E-state index contributed by atoms with van der Waals surface area (Å²) < 4.78 is 34.0. The molecule has 8 heteroatoms. The molecule has 6 nitrogen and oxygen atoms in total. The molecule has 1 amide bonds. The summed E-state index contributed by atoms with van der Waals surface area (Å²) in [5.74, 6) is -1.70. The van der Waals surface area contributed by atoms with Crippen molar-refractivity contribution >= 4 is 17.6 Å². The Morgan fingerprint density at radius 2 is 1.72 bits per heavy atom. The Hall–Kier alpha value is -3.16. The highest BCUT2D eigenvalue weighted by Gasteiger charge is 2.20. The number of hydrogen-bond donors (Lipinski definition) is 2. The van der Waals surface area contributed by atoms with E-state index in [-0.39, 0.29) is 22.7 Å². The van der Waals surface area contributed by atoms with Crippen LogP contribution < -0.4 is 10.1 Å². The minimum Gasteiger partial charge on any atom is -0.508 e. The van der Waals surface area contributed by atoms with Gasteiger partial charge >= 0.3 is 12.6 Å². The molecule has 25 heavy (non-hydrogen) atoms. The molecule has 0 aliphatic carbocycles. The minimum absolute atomic E-state index is 0.0158. The van der Waals surface area contributed by atoms with Crippen LogP contribution in [0.1, 0.15) is 17.3 Å². The zero-order chi connectivity index (χ0) is 18.4. The molecule has 0 bridgehead atoms. The largest absolute Gasteiger partial charge is 0.508 e. The van der Waals surface area contributed by atoms with Crippen LogP contribution in [0.5, 0.6) is 11.5 Å². The van der Waals surface area contributed by atoms with E-state index in [1.165, 1.54) is 55.5 Å². The van der Waals surface area contributed by atoms with Crippen molar-refractivity contribution in [2.24, 2.45) is 0 Å². The second-order valence-corrected chi connectivity index (χ2v) is 4.96. The number of carbonyl (C=O) groups is 2. The fourth-order valence-electron chi connectivity index (χ4n) is 1.88. The molecule has 0 saturated heterocycles. The number of ether oxygens (including phenoxy) is 2. The lowest BCUT2D eigenvalue weighted by atomic mass is 10.2. The number of hydrogen-bond acceptors (Lipinski definition) is 5. The number of halogens is 2. The number of benzene rings is 2. The number of phenols is 1. The van der Waals surface area contributed by atoms with E-state index in [2.05, 4.69) is 10.1 Å². The lowest BCUT2D eigenvalue weighted by Gasteiger charge is -2.15. The second-order valence-electron chi connectivity index (χ2n) is 4.96. The van der Waals surface area contributed by atoms with Crippen molar-refractivity contribution in [1.82, 2.24) is 0 Å². The lowest BCUT2D eigenvalue weighted by molar-refractivity contribution is -0.123. The third kappa shape index (κ3) is 5.17. The Morgan fingerprint density at radius 3 is 2.36 bits per heavy atom. The number of amides is 1. The molecule has 0 aliphatic rings. The summed E-state index contributed by atoms with van der Waals surface area (Å²) in [6.45, 7) is -1.70.